The van der Waals surface area contributed by atoms with Crippen molar-refractivity contribution in [3.63, 3.8) is 0 Å². The molecular weight excluding hydrogens is 396 g/mol. The minimum absolute atomic E-state index is 0.179. The van der Waals surface area contributed by atoms with Crippen molar-refractivity contribution >= 4 is 23.2 Å². The predicted molar refractivity (Wildman–Crippen MR) is 115 cm³/mol. The second kappa shape index (κ2) is 9.08. The first-order valence-corrected chi connectivity index (χ1v) is 9.71. The molecule has 0 saturated heterocycles. The number of furan rings is 1. The molecule has 8 heteroatoms. The molecule has 0 radical (unpaired) electrons. The van der Waals surface area contributed by atoms with Gasteiger partial charge in [-0.3, -0.25) is 9.59 Å². The first-order valence-electron chi connectivity index (χ1n) is 9.71. The number of hydrogen-bond donors (Lipinski definition) is 2. The van der Waals surface area contributed by atoms with Gasteiger partial charge in [-0.05, 0) is 37.3 Å². The molecule has 0 saturated carbocycles. The maximum absolute atomic E-state index is 12.3. The van der Waals surface area contributed by atoms with Crippen LogP contribution in [0.15, 0.2) is 75.9 Å². The molecule has 4 aromatic rings. The van der Waals surface area contributed by atoms with Gasteiger partial charge in [-0.15, -0.1) is 0 Å². The Kier molecular flexibility index (Phi) is 5.89. The van der Waals surface area contributed by atoms with Crippen molar-refractivity contribution < 1.29 is 18.5 Å². The summed E-state index contributed by atoms with van der Waals surface area (Å²) in [6.45, 7) is 2.01. The zero-order valence-electron chi connectivity index (χ0n) is 16.8. The van der Waals surface area contributed by atoms with Crippen molar-refractivity contribution in [3.8, 4) is 11.4 Å². The molecule has 8 nitrogen and oxygen atoms in total. The Balaban J connectivity index is 1.31. The van der Waals surface area contributed by atoms with Gasteiger partial charge in [0, 0.05) is 29.8 Å². The van der Waals surface area contributed by atoms with Gasteiger partial charge in [0.05, 0.1) is 6.26 Å². The van der Waals surface area contributed by atoms with Crippen molar-refractivity contribution in [3.05, 3.63) is 84.1 Å². The Morgan fingerprint density at radius 1 is 0.968 bits per heavy atom. The Bertz CT molecular complexity index is 1180. The summed E-state index contributed by atoms with van der Waals surface area (Å²) >= 11 is 0. The minimum Gasteiger partial charge on any atom is -0.459 e. The average molecular weight is 416 g/mol. The van der Waals surface area contributed by atoms with E-state index in [9.17, 15) is 9.59 Å². The number of hydrogen-bond acceptors (Lipinski definition) is 6. The summed E-state index contributed by atoms with van der Waals surface area (Å²) in [6, 6.07) is 17.9. The number of amides is 2. The van der Waals surface area contributed by atoms with Gasteiger partial charge in [0.1, 0.15) is 0 Å². The van der Waals surface area contributed by atoms with Crippen LogP contribution in [0, 0.1) is 6.92 Å². The summed E-state index contributed by atoms with van der Waals surface area (Å²) in [7, 11) is 0. The van der Waals surface area contributed by atoms with Crippen molar-refractivity contribution in [2.24, 2.45) is 0 Å². The standard InChI is InChI=1S/C23H20N4O4/c1-15-7-9-16(10-8-15)22-26-21(31-27-22)12-11-20(28)24-17-4-2-5-18(14-17)25-23(29)19-6-3-13-30-19/h2-10,13-14H,11-12H2,1H3,(H,24,28)(H,25,29). The van der Waals surface area contributed by atoms with Crippen molar-refractivity contribution in [2.75, 3.05) is 10.6 Å². The van der Waals surface area contributed by atoms with Gasteiger partial charge in [0.25, 0.3) is 5.91 Å². The van der Waals surface area contributed by atoms with E-state index in [0.29, 0.717) is 29.5 Å². The quantitative estimate of drug-likeness (QED) is 0.460. The van der Waals surface area contributed by atoms with Gasteiger partial charge < -0.3 is 19.6 Å². The van der Waals surface area contributed by atoms with Crippen LogP contribution in [-0.4, -0.2) is 22.0 Å². The summed E-state index contributed by atoms with van der Waals surface area (Å²) in [5.74, 6) is 0.526. The highest BCUT2D eigenvalue weighted by Gasteiger charge is 2.12. The Morgan fingerprint density at radius 2 is 1.74 bits per heavy atom. The first-order chi connectivity index (χ1) is 15.1. The number of carbonyl (C=O) groups is 2. The molecule has 0 unspecified atom stereocenters. The molecule has 2 aromatic carbocycles. The van der Waals surface area contributed by atoms with Crippen LogP contribution >= 0.6 is 0 Å². The monoisotopic (exact) mass is 416 g/mol. The highest BCUT2D eigenvalue weighted by molar-refractivity contribution is 6.02. The number of aromatic nitrogens is 2. The van der Waals surface area contributed by atoms with Gasteiger partial charge in [-0.1, -0.05) is 41.1 Å². The van der Waals surface area contributed by atoms with E-state index in [1.165, 1.54) is 6.26 Å². The molecule has 0 aliphatic rings. The van der Waals surface area contributed by atoms with Gasteiger partial charge in [0.2, 0.25) is 17.6 Å². The molecule has 2 amide bonds. The van der Waals surface area contributed by atoms with Crippen LogP contribution in [0.4, 0.5) is 11.4 Å². The third-order valence-corrected chi connectivity index (χ3v) is 4.49. The van der Waals surface area contributed by atoms with E-state index in [4.69, 9.17) is 8.94 Å². The minimum atomic E-state index is -0.366. The number of nitrogens with one attached hydrogen (secondary N) is 2. The highest BCUT2D eigenvalue weighted by Crippen LogP contribution is 2.18. The molecule has 0 spiro atoms. The van der Waals surface area contributed by atoms with Crippen LogP contribution in [0.1, 0.15) is 28.4 Å². The van der Waals surface area contributed by atoms with E-state index >= 15 is 0 Å². The molecule has 156 valence electrons. The Labute approximate surface area is 178 Å². The van der Waals surface area contributed by atoms with Gasteiger partial charge in [-0.2, -0.15) is 4.98 Å². The Morgan fingerprint density at radius 3 is 2.48 bits per heavy atom. The largest absolute Gasteiger partial charge is 0.459 e. The average Bonchev–Trinajstić information content (AvgIpc) is 3.46. The van der Waals surface area contributed by atoms with E-state index in [1.54, 1.807) is 36.4 Å². The summed E-state index contributed by atoms with van der Waals surface area (Å²) in [5, 5.41) is 9.49. The summed E-state index contributed by atoms with van der Waals surface area (Å²) in [5.41, 5.74) is 3.11. The zero-order chi connectivity index (χ0) is 21.6. The van der Waals surface area contributed by atoms with Crippen LogP contribution in [0.5, 0.6) is 0 Å². The summed E-state index contributed by atoms with van der Waals surface area (Å²) in [6.07, 6.45) is 1.93. The maximum atomic E-state index is 12.3. The third-order valence-electron chi connectivity index (χ3n) is 4.49. The van der Waals surface area contributed by atoms with E-state index < -0.39 is 0 Å². The molecule has 2 heterocycles. The molecule has 0 bridgehead atoms. The molecule has 31 heavy (non-hydrogen) atoms. The highest BCUT2D eigenvalue weighted by atomic mass is 16.5. The Hall–Kier alpha value is -4.20. The van der Waals surface area contributed by atoms with Gasteiger partial charge in [0.15, 0.2) is 5.76 Å². The van der Waals surface area contributed by atoms with Crippen molar-refractivity contribution in [2.45, 2.75) is 19.8 Å². The first kappa shape index (κ1) is 20.1. The zero-order valence-corrected chi connectivity index (χ0v) is 16.8. The number of anilines is 2. The van der Waals surface area contributed by atoms with Crippen molar-refractivity contribution in [1.82, 2.24) is 10.1 Å². The molecule has 2 aromatic heterocycles. The SMILES string of the molecule is Cc1ccc(-c2noc(CCC(=O)Nc3cccc(NC(=O)c4ccco4)c3)n2)cc1. The fraction of sp³-hybridized carbons (Fsp3) is 0.130. The molecule has 0 atom stereocenters. The fourth-order valence-corrected chi connectivity index (χ4v) is 2.90. The van der Waals surface area contributed by atoms with Crippen LogP contribution in [0.3, 0.4) is 0 Å². The van der Waals surface area contributed by atoms with E-state index in [1.807, 2.05) is 31.2 Å². The topological polar surface area (TPSA) is 110 Å². The lowest BCUT2D eigenvalue weighted by Gasteiger charge is -2.08. The van der Waals surface area contributed by atoms with Crippen LogP contribution in [0.25, 0.3) is 11.4 Å². The molecule has 0 fully saturated rings. The lowest BCUT2D eigenvalue weighted by molar-refractivity contribution is -0.116. The maximum Gasteiger partial charge on any atom is 0.291 e. The fourth-order valence-electron chi connectivity index (χ4n) is 2.90. The lowest BCUT2D eigenvalue weighted by atomic mass is 10.1. The van der Waals surface area contributed by atoms with E-state index in [2.05, 4.69) is 20.8 Å². The normalized spacial score (nSPS) is 10.6. The van der Waals surface area contributed by atoms with Gasteiger partial charge in [-0.25, -0.2) is 0 Å². The number of rotatable bonds is 7. The van der Waals surface area contributed by atoms with Crippen LogP contribution < -0.4 is 10.6 Å². The van der Waals surface area contributed by atoms with E-state index in [-0.39, 0.29) is 24.0 Å². The molecular formula is C23H20N4O4. The van der Waals surface area contributed by atoms with Crippen molar-refractivity contribution in [1.29, 1.82) is 0 Å². The second-order valence-corrected chi connectivity index (χ2v) is 6.94. The third kappa shape index (κ3) is 5.24. The smallest absolute Gasteiger partial charge is 0.291 e. The molecule has 0 aliphatic carbocycles. The molecule has 0 aliphatic heterocycles. The van der Waals surface area contributed by atoms with Crippen LogP contribution in [0.2, 0.25) is 0 Å². The lowest BCUT2D eigenvalue weighted by Crippen LogP contribution is -2.14. The predicted octanol–water partition coefficient (Wildman–Crippen LogP) is 4.46. The molecule has 2 N–H and O–H groups in total. The number of carbonyl (C=O) groups excluding carboxylic acids is 2. The van der Waals surface area contributed by atoms with Gasteiger partial charge >= 0.3 is 0 Å². The molecule has 4 rings (SSSR count). The van der Waals surface area contributed by atoms with E-state index in [0.717, 1.165) is 11.1 Å². The summed E-state index contributed by atoms with van der Waals surface area (Å²) in [4.78, 5) is 28.7. The second-order valence-electron chi connectivity index (χ2n) is 6.94. The number of nitrogens with zero attached hydrogens (tertiary/aromatic N) is 2. The summed E-state index contributed by atoms with van der Waals surface area (Å²) < 4.78 is 10.3. The number of aryl methyl sites for hydroxylation is 2. The van der Waals surface area contributed by atoms with Crippen LogP contribution in [-0.2, 0) is 11.2 Å². The number of benzene rings is 2.